The number of carbonyl (C=O) groups is 1. The van der Waals surface area contributed by atoms with E-state index in [4.69, 9.17) is 9.47 Å². The maximum Gasteiger partial charge on any atom is 0.162 e. The molecule has 2 aromatic rings. The molecule has 0 amide bonds. The van der Waals surface area contributed by atoms with Crippen molar-refractivity contribution in [3.05, 3.63) is 59.7 Å². The van der Waals surface area contributed by atoms with Gasteiger partial charge in [0.1, 0.15) is 25.8 Å². The lowest BCUT2D eigenvalue weighted by molar-refractivity contribution is -0.909. The third-order valence-electron chi connectivity index (χ3n) is 4.74. The fourth-order valence-corrected chi connectivity index (χ4v) is 3.11. The van der Waals surface area contributed by atoms with E-state index >= 15 is 0 Å². The number of rotatable bonds is 11. The Morgan fingerprint density at radius 1 is 1.11 bits per heavy atom. The number of ether oxygens (including phenoxy) is 2. The summed E-state index contributed by atoms with van der Waals surface area (Å²) in [7, 11) is 5.81. The summed E-state index contributed by atoms with van der Waals surface area (Å²) < 4.78 is 11.0. The molecule has 0 aliphatic rings. The molecule has 2 rings (SSSR count). The number of methoxy groups -OCH3 is 1. The molecule has 0 saturated carbocycles. The molecule has 152 valence electrons. The zero-order chi connectivity index (χ0) is 20.5. The number of aliphatic hydroxyl groups excluding tert-OH is 1. The zero-order valence-corrected chi connectivity index (χ0v) is 17.1. The zero-order valence-electron chi connectivity index (χ0n) is 17.1. The van der Waals surface area contributed by atoms with Gasteiger partial charge in [0.25, 0.3) is 0 Å². The molecule has 0 spiro atoms. The standard InChI is InChI=1S/C22H30N2O4/c1-16(25)18-10-11-21(22(12-18)27-4)28-15-19(26)13-23-14-20(24(2)3)17-8-6-5-7-9-17/h5-12,19-20,23,26H,13-15H2,1-4H3/p+2/t19-,20-/m0/s1. The monoisotopic (exact) mass is 388 g/mol. The number of hydrogen-bond donors (Lipinski definition) is 3. The lowest BCUT2D eigenvalue weighted by Gasteiger charge is -2.21. The lowest BCUT2D eigenvalue weighted by Crippen LogP contribution is -3.09. The number of quaternary nitrogens is 2. The van der Waals surface area contributed by atoms with Gasteiger partial charge in [0.2, 0.25) is 0 Å². The number of likely N-dealkylation sites (N-methyl/N-ethyl adjacent to an activating group) is 1. The molecular formula is C22H32N2O4+2. The summed E-state index contributed by atoms with van der Waals surface area (Å²) in [4.78, 5) is 12.8. The third kappa shape index (κ3) is 6.34. The highest BCUT2D eigenvalue weighted by Gasteiger charge is 2.20. The van der Waals surface area contributed by atoms with Gasteiger partial charge in [-0.15, -0.1) is 0 Å². The van der Waals surface area contributed by atoms with E-state index in [1.54, 1.807) is 18.2 Å². The van der Waals surface area contributed by atoms with Crippen LogP contribution < -0.4 is 19.7 Å². The number of aliphatic hydroxyl groups is 1. The molecule has 28 heavy (non-hydrogen) atoms. The van der Waals surface area contributed by atoms with Gasteiger partial charge in [0, 0.05) is 11.1 Å². The Labute approximate surface area is 167 Å². The molecule has 2 atom stereocenters. The number of benzene rings is 2. The van der Waals surface area contributed by atoms with E-state index in [1.807, 2.05) is 6.07 Å². The van der Waals surface area contributed by atoms with E-state index in [1.165, 1.54) is 24.5 Å². The summed E-state index contributed by atoms with van der Waals surface area (Å²) in [6.07, 6.45) is -0.606. The molecule has 0 bridgehead atoms. The minimum Gasteiger partial charge on any atom is -0.493 e. The Morgan fingerprint density at radius 2 is 1.82 bits per heavy atom. The van der Waals surface area contributed by atoms with E-state index in [9.17, 15) is 9.90 Å². The van der Waals surface area contributed by atoms with Gasteiger partial charge in [-0.3, -0.25) is 4.79 Å². The molecule has 0 aliphatic carbocycles. The molecule has 2 aromatic carbocycles. The quantitative estimate of drug-likeness (QED) is 0.477. The summed E-state index contributed by atoms with van der Waals surface area (Å²) in [6.45, 7) is 3.09. The van der Waals surface area contributed by atoms with Crippen LogP contribution in [0.25, 0.3) is 0 Å². The van der Waals surface area contributed by atoms with Gasteiger partial charge in [0.15, 0.2) is 23.3 Å². The number of nitrogens with one attached hydrogen (secondary N) is 1. The van der Waals surface area contributed by atoms with Gasteiger partial charge in [-0.05, 0) is 25.1 Å². The molecule has 0 fully saturated rings. The van der Waals surface area contributed by atoms with E-state index in [2.05, 4.69) is 43.7 Å². The molecule has 4 N–H and O–H groups in total. The maximum absolute atomic E-state index is 11.5. The van der Waals surface area contributed by atoms with E-state index in [0.717, 1.165) is 6.54 Å². The van der Waals surface area contributed by atoms with Gasteiger partial charge in [0.05, 0.1) is 21.2 Å². The second-order valence-electron chi connectivity index (χ2n) is 7.19. The Hall–Kier alpha value is -2.41. The van der Waals surface area contributed by atoms with Gasteiger partial charge in [-0.25, -0.2) is 0 Å². The summed E-state index contributed by atoms with van der Waals surface area (Å²) in [5, 5.41) is 12.4. The number of carbonyl (C=O) groups excluding carboxylic acids is 1. The molecule has 6 nitrogen and oxygen atoms in total. The molecule has 0 radical (unpaired) electrons. The van der Waals surface area contributed by atoms with Crippen LogP contribution in [-0.4, -0.2) is 57.9 Å². The van der Waals surface area contributed by atoms with Crippen molar-refractivity contribution < 1.29 is 29.6 Å². The fraction of sp³-hybridized carbons (Fsp3) is 0.409. The minimum absolute atomic E-state index is 0.0320. The summed E-state index contributed by atoms with van der Waals surface area (Å²) in [5.74, 6) is 0.978. The second kappa shape index (κ2) is 10.8. The largest absolute Gasteiger partial charge is 0.493 e. The Bertz CT molecular complexity index is 749. The van der Waals surface area contributed by atoms with E-state index in [0.29, 0.717) is 29.6 Å². The average Bonchev–Trinajstić information content (AvgIpc) is 2.69. The van der Waals surface area contributed by atoms with Crippen LogP contribution in [0.15, 0.2) is 48.5 Å². The molecule has 0 heterocycles. The molecule has 6 heteroatoms. The van der Waals surface area contributed by atoms with Crippen molar-refractivity contribution >= 4 is 5.78 Å². The molecular weight excluding hydrogens is 356 g/mol. The third-order valence-corrected chi connectivity index (χ3v) is 4.74. The smallest absolute Gasteiger partial charge is 0.162 e. The first-order chi connectivity index (χ1) is 13.4. The predicted octanol–water partition coefficient (Wildman–Crippen LogP) is 0.0867. The topological polar surface area (TPSA) is 76.8 Å². The minimum atomic E-state index is -0.606. The lowest BCUT2D eigenvalue weighted by atomic mass is 10.1. The molecule has 0 saturated heterocycles. The highest BCUT2D eigenvalue weighted by molar-refractivity contribution is 5.94. The maximum atomic E-state index is 11.5. The van der Waals surface area contributed by atoms with Crippen LogP contribution in [0.3, 0.4) is 0 Å². The summed E-state index contributed by atoms with van der Waals surface area (Å²) in [6, 6.07) is 15.8. The van der Waals surface area contributed by atoms with Crippen LogP contribution >= 0.6 is 0 Å². The summed E-state index contributed by atoms with van der Waals surface area (Å²) >= 11 is 0. The van der Waals surface area contributed by atoms with Crippen LogP contribution in [0.4, 0.5) is 0 Å². The van der Waals surface area contributed by atoms with E-state index < -0.39 is 6.10 Å². The van der Waals surface area contributed by atoms with Gasteiger partial charge in [-0.2, -0.15) is 0 Å². The highest BCUT2D eigenvalue weighted by Crippen LogP contribution is 2.28. The van der Waals surface area contributed by atoms with Gasteiger partial charge in [-0.1, -0.05) is 30.3 Å². The first kappa shape index (κ1) is 21.9. The Morgan fingerprint density at radius 3 is 2.43 bits per heavy atom. The SMILES string of the molecule is COc1cc(C(C)=O)ccc1OC[C@@H](O)C[NH2+]C[C@@H](c1ccccc1)[NH+](C)C. The summed E-state index contributed by atoms with van der Waals surface area (Å²) in [5.41, 5.74) is 1.86. The number of Topliss-reactive ketones (excluding diaryl/α,β-unsaturated/α-hetero) is 1. The van der Waals surface area contributed by atoms with Gasteiger partial charge < -0.3 is 24.8 Å². The van der Waals surface area contributed by atoms with Crippen LogP contribution in [-0.2, 0) is 0 Å². The predicted molar refractivity (Wildman–Crippen MR) is 108 cm³/mol. The molecule has 0 unspecified atom stereocenters. The Kier molecular flexibility index (Phi) is 8.44. The van der Waals surface area contributed by atoms with E-state index in [-0.39, 0.29) is 12.4 Å². The average molecular weight is 389 g/mol. The fourth-order valence-electron chi connectivity index (χ4n) is 3.11. The first-order valence-electron chi connectivity index (χ1n) is 9.58. The van der Waals surface area contributed by atoms with Crippen LogP contribution in [0.5, 0.6) is 11.5 Å². The number of ketones is 1. The number of hydrogen-bond acceptors (Lipinski definition) is 4. The Balaban J connectivity index is 1.84. The van der Waals surface area contributed by atoms with Crippen molar-refractivity contribution in [2.45, 2.75) is 19.1 Å². The first-order valence-corrected chi connectivity index (χ1v) is 9.58. The van der Waals surface area contributed by atoms with Crippen molar-refractivity contribution in [2.24, 2.45) is 0 Å². The second-order valence-corrected chi connectivity index (χ2v) is 7.19. The van der Waals surface area contributed by atoms with Crippen molar-refractivity contribution in [2.75, 3.05) is 40.9 Å². The van der Waals surface area contributed by atoms with Crippen molar-refractivity contribution in [3.8, 4) is 11.5 Å². The van der Waals surface area contributed by atoms with Crippen LogP contribution in [0, 0.1) is 0 Å². The molecule has 0 aliphatic heterocycles. The highest BCUT2D eigenvalue weighted by atomic mass is 16.5. The van der Waals surface area contributed by atoms with Crippen LogP contribution in [0.1, 0.15) is 28.9 Å². The van der Waals surface area contributed by atoms with Crippen molar-refractivity contribution in [3.63, 3.8) is 0 Å². The van der Waals surface area contributed by atoms with Crippen molar-refractivity contribution in [1.29, 1.82) is 0 Å². The normalized spacial score (nSPS) is 13.2. The van der Waals surface area contributed by atoms with Gasteiger partial charge >= 0.3 is 0 Å². The number of nitrogens with two attached hydrogens (primary N) is 1. The van der Waals surface area contributed by atoms with Crippen LogP contribution in [0.2, 0.25) is 0 Å². The van der Waals surface area contributed by atoms with Crippen molar-refractivity contribution in [1.82, 2.24) is 0 Å². The molecule has 0 aromatic heterocycles.